The molecule has 1 aromatic heterocycles. The zero-order valence-corrected chi connectivity index (χ0v) is 11.7. The van der Waals surface area contributed by atoms with Gasteiger partial charge in [-0.3, -0.25) is 0 Å². The van der Waals surface area contributed by atoms with Gasteiger partial charge in [-0.05, 0) is 25.0 Å². The first-order valence-corrected chi connectivity index (χ1v) is 6.98. The molecule has 3 rings (SSSR count). The summed E-state index contributed by atoms with van der Waals surface area (Å²) in [6, 6.07) is 3.59. The molecule has 1 saturated heterocycles. The molecule has 0 radical (unpaired) electrons. The molecule has 6 nitrogen and oxygen atoms in total. The second kappa shape index (κ2) is 6.61. The van der Waals surface area contributed by atoms with Gasteiger partial charge < -0.3 is 15.4 Å². The van der Waals surface area contributed by atoms with Crippen molar-refractivity contribution in [3.8, 4) is 0 Å². The van der Waals surface area contributed by atoms with Crippen molar-refractivity contribution in [2.24, 2.45) is 0 Å². The predicted molar refractivity (Wildman–Crippen MR) is 76.9 cm³/mol. The number of rotatable bonds is 5. The minimum absolute atomic E-state index is 0.0151. The van der Waals surface area contributed by atoms with Gasteiger partial charge in [-0.1, -0.05) is 6.07 Å². The first-order valence-electron chi connectivity index (χ1n) is 6.98. The average molecular weight is 307 g/mol. The number of hydrogen-bond donors (Lipinski definition) is 2. The Balaban J connectivity index is 1.68. The maximum absolute atomic E-state index is 13.6. The maximum atomic E-state index is 13.6. The number of benzene rings is 1. The van der Waals surface area contributed by atoms with Crippen molar-refractivity contribution in [3.63, 3.8) is 0 Å². The lowest BCUT2D eigenvalue weighted by atomic mass is 10.2. The lowest BCUT2D eigenvalue weighted by molar-refractivity contribution is 0.120. The van der Waals surface area contributed by atoms with E-state index in [0.717, 1.165) is 31.6 Å². The number of nitrogens with one attached hydrogen (secondary N) is 2. The average Bonchev–Trinajstić information content (AvgIpc) is 3.03. The molecular formula is C14H15F2N5O. The van der Waals surface area contributed by atoms with E-state index in [1.807, 2.05) is 0 Å². The summed E-state index contributed by atoms with van der Waals surface area (Å²) in [4.78, 5) is 4.13. The zero-order valence-electron chi connectivity index (χ0n) is 11.7. The molecule has 0 amide bonds. The number of halogens is 2. The second-order valence-corrected chi connectivity index (χ2v) is 4.90. The van der Waals surface area contributed by atoms with Gasteiger partial charge in [0.1, 0.15) is 17.3 Å². The zero-order chi connectivity index (χ0) is 15.4. The van der Waals surface area contributed by atoms with E-state index in [0.29, 0.717) is 12.4 Å². The minimum Gasteiger partial charge on any atom is -0.376 e. The van der Waals surface area contributed by atoms with Crippen LogP contribution < -0.4 is 10.6 Å². The van der Waals surface area contributed by atoms with Gasteiger partial charge in [0.15, 0.2) is 5.82 Å². The van der Waals surface area contributed by atoms with E-state index >= 15 is 0 Å². The Labute approximate surface area is 125 Å². The molecule has 2 N–H and O–H groups in total. The number of aromatic nitrogens is 3. The van der Waals surface area contributed by atoms with E-state index in [2.05, 4.69) is 25.8 Å². The van der Waals surface area contributed by atoms with Crippen LogP contribution >= 0.6 is 0 Å². The molecule has 1 atom stereocenters. The van der Waals surface area contributed by atoms with Gasteiger partial charge in [-0.15, -0.1) is 5.10 Å². The molecule has 2 aromatic rings. The normalized spacial score (nSPS) is 17.5. The first kappa shape index (κ1) is 14.6. The Morgan fingerprint density at radius 2 is 2.09 bits per heavy atom. The van der Waals surface area contributed by atoms with E-state index in [1.165, 1.54) is 12.3 Å². The highest BCUT2D eigenvalue weighted by atomic mass is 19.1. The van der Waals surface area contributed by atoms with Crippen molar-refractivity contribution < 1.29 is 13.5 Å². The summed E-state index contributed by atoms with van der Waals surface area (Å²) < 4.78 is 32.6. The summed E-state index contributed by atoms with van der Waals surface area (Å²) in [5.41, 5.74) is -0.305. The molecule has 8 heteroatoms. The number of hydrogen-bond acceptors (Lipinski definition) is 6. The van der Waals surface area contributed by atoms with Crippen LogP contribution in [-0.4, -0.2) is 34.4 Å². The third kappa shape index (κ3) is 3.45. The fourth-order valence-electron chi connectivity index (χ4n) is 2.19. The van der Waals surface area contributed by atoms with Crippen LogP contribution in [-0.2, 0) is 4.74 Å². The van der Waals surface area contributed by atoms with Crippen molar-refractivity contribution >= 4 is 17.5 Å². The molecule has 1 aliphatic heterocycles. The van der Waals surface area contributed by atoms with Crippen molar-refractivity contribution in [1.82, 2.24) is 15.2 Å². The molecule has 0 spiro atoms. The number of ether oxygens (including phenoxy) is 1. The fourth-order valence-corrected chi connectivity index (χ4v) is 2.19. The Morgan fingerprint density at radius 3 is 2.82 bits per heavy atom. The summed E-state index contributed by atoms with van der Waals surface area (Å²) >= 11 is 0. The highest BCUT2D eigenvalue weighted by molar-refractivity contribution is 5.55. The topological polar surface area (TPSA) is 72.0 Å². The third-order valence-corrected chi connectivity index (χ3v) is 3.29. The van der Waals surface area contributed by atoms with E-state index in [-0.39, 0.29) is 17.7 Å². The first-order chi connectivity index (χ1) is 10.7. The smallest absolute Gasteiger partial charge is 0.249 e. The largest absolute Gasteiger partial charge is 0.376 e. The molecule has 0 aliphatic carbocycles. The molecule has 0 saturated carbocycles. The predicted octanol–water partition coefficient (Wildman–Crippen LogP) is 2.48. The number of para-hydroxylation sites is 1. The summed E-state index contributed by atoms with van der Waals surface area (Å²) in [5, 5.41) is 13.1. The van der Waals surface area contributed by atoms with Crippen molar-refractivity contribution in [1.29, 1.82) is 0 Å². The second-order valence-electron chi connectivity index (χ2n) is 4.90. The highest BCUT2D eigenvalue weighted by Crippen LogP contribution is 2.21. The molecule has 1 unspecified atom stereocenters. The quantitative estimate of drug-likeness (QED) is 0.884. The molecule has 116 valence electrons. The molecule has 0 bridgehead atoms. The number of nitrogens with zero attached hydrogens (tertiary/aromatic N) is 3. The van der Waals surface area contributed by atoms with Crippen molar-refractivity contribution in [2.75, 3.05) is 23.8 Å². The Bertz CT molecular complexity index is 629. The fraction of sp³-hybridized carbons (Fsp3) is 0.357. The van der Waals surface area contributed by atoms with Crippen molar-refractivity contribution in [3.05, 3.63) is 36.0 Å². The molecule has 1 aromatic carbocycles. The van der Waals surface area contributed by atoms with E-state index in [1.54, 1.807) is 0 Å². The summed E-state index contributed by atoms with van der Waals surface area (Å²) in [6.07, 6.45) is 3.64. The summed E-state index contributed by atoms with van der Waals surface area (Å²) in [7, 11) is 0. The van der Waals surface area contributed by atoms with Gasteiger partial charge >= 0.3 is 0 Å². The Hall–Kier alpha value is -2.35. The van der Waals surface area contributed by atoms with E-state index in [9.17, 15) is 8.78 Å². The van der Waals surface area contributed by atoms with Crippen molar-refractivity contribution in [2.45, 2.75) is 18.9 Å². The highest BCUT2D eigenvalue weighted by Gasteiger charge is 2.15. The lowest BCUT2D eigenvalue weighted by Gasteiger charge is -2.11. The van der Waals surface area contributed by atoms with Crippen LogP contribution in [0.15, 0.2) is 24.4 Å². The molecular weight excluding hydrogens is 292 g/mol. The summed E-state index contributed by atoms with van der Waals surface area (Å²) in [6.45, 7) is 1.37. The van der Waals surface area contributed by atoms with Crippen LogP contribution in [0.25, 0.3) is 0 Å². The SMILES string of the molecule is Fc1cccc(F)c1Nc1nncc(NCC2CCCO2)n1. The van der Waals surface area contributed by atoms with E-state index < -0.39 is 11.6 Å². The van der Waals surface area contributed by atoms with Gasteiger partial charge in [-0.2, -0.15) is 10.1 Å². The van der Waals surface area contributed by atoms with Crippen LogP contribution in [0, 0.1) is 11.6 Å². The van der Waals surface area contributed by atoms with Crippen LogP contribution in [0.1, 0.15) is 12.8 Å². The van der Waals surface area contributed by atoms with Gasteiger partial charge in [-0.25, -0.2) is 8.78 Å². The monoisotopic (exact) mass is 307 g/mol. The standard InChI is InChI=1S/C14H15F2N5O/c15-10-4-1-5-11(16)13(10)20-14-19-12(8-18-21-14)17-7-9-3-2-6-22-9/h1,4-5,8-9H,2-3,6-7H2,(H2,17,19,20,21). The van der Waals surface area contributed by atoms with E-state index in [4.69, 9.17) is 4.74 Å². The van der Waals surface area contributed by atoms with Gasteiger partial charge in [0, 0.05) is 13.2 Å². The van der Waals surface area contributed by atoms with Gasteiger partial charge in [0.25, 0.3) is 0 Å². The molecule has 22 heavy (non-hydrogen) atoms. The minimum atomic E-state index is -0.721. The van der Waals surface area contributed by atoms with Gasteiger partial charge in [0.05, 0.1) is 12.3 Å². The third-order valence-electron chi connectivity index (χ3n) is 3.29. The molecule has 2 heterocycles. The van der Waals surface area contributed by atoms with Crippen LogP contribution in [0.4, 0.5) is 26.2 Å². The van der Waals surface area contributed by atoms with Crippen LogP contribution in [0.3, 0.4) is 0 Å². The molecule has 1 fully saturated rings. The summed E-state index contributed by atoms with van der Waals surface area (Å²) in [5.74, 6) is -0.964. The number of anilines is 3. The Morgan fingerprint density at radius 1 is 1.27 bits per heavy atom. The molecule has 1 aliphatic rings. The maximum Gasteiger partial charge on any atom is 0.249 e. The van der Waals surface area contributed by atoms with Crippen LogP contribution in [0.5, 0.6) is 0 Å². The van der Waals surface area contributed by atoms with Gasteiger partial charge in [0.2, 0.25) is 5.95 Å². The van der Waals surface area contributed by atoms with Crippen LogP contribution in [0.2, 0.25) is 0 Å². The lowest BCUT2D eigenvalue weighted by Crippen LogP contribution is -2.19. The Kier molecular flexibility index (Phi) is 4.38.